The predicted octanol–water partition coefficient (Wildman–Crippen LogP) is 2.99. The Morgan fingerprint density at radius 3 is 2.68 bits per heavy atom. The molecule has 0 aliphatic heterocycles. The lowest BCUT2D eigenvalue weighted by Gasteiger charge is -2.07. The molecule has 0 radical (unpaired) electrons. The maximum atomic E-state index is 6.41. The Labute approximate surface area is 119 Å². The molecule has 0 fully saturated rings. The summed E-state index contributed by atoms with van der Waals surface area (Å²) in [5.74, 6) is 0. The quantitative estimate of drug-likeness (QED) is 0.915. The number of halogens is 1. The summed E-state index contributed by atoms with van der Waals surface area (Å²) >= 11 is 6.41. The molecule has 0 saturated carbocycles. The summed E-state index contributed by atoms with van der Waals surface area (Å²) in [6, 6.07) is 2.10. The molecule has 5 heteroatoms. The number of hydrogen-bond acceptors (Lipinski definition) is 2. The van der Waals surface area contributed by atoms with E-state index in [0.29, 0.717) is 0 Å². The van der Waals surface area contributed by atoms with Gasteiger partial charge in [-0.2, -0.15) is 5.10 Å². The molecule has 0 saturated heterocycles. The van der Waals surface area contributed by atoms with Crippen LogP contribution >= 0.6 is 11.6 Å². The molecule has 2 N–H and O–H groups in total. The first-order valence-electron chi connectivity index (χ1n) is 6.72. The van der Waals surface area contributed by atoms with Crippen molar-refractivity contribution >= 4 is 11.6 Å². The van der Waals surface area contributed by atoms with Gasteiger partial charge in [-0.3, -0.25) is 4.68 Å². The van der Waals surface area contributed by atoms with Gasteiger partial charge in [0.05, 0.1) is 23.0 Å². The lowest BCUT2D eigenvalue weighted by Crippen LogP contribution is -2.08. The van der Waals surface area contributed by atoms with Gasteiger partial charge in [-0.25, -0.2) is 0 Å². The number of nitrogens with zero attached hydrogens (tertiary/aromatic N) is 3. The minimum atomic E-state index is 0.0546. The lowest BCUT2D eigenvalue weighted by molar-refractivity contribution is 0.595. The summed E-state index contributed by atoms with van der Waals surface area (Å²) < 4.78 is 4.08. The van der Waals surface area contributed by atoms with Crippen LogP contribution in [0, 0.1) is 0 Å². The van der Waals surface area contributed by atoms with E-state index >= 15 is 0 Å². The third-order valence-corrected chi connectivity index (χ3v) is 3.76. The first kappa shape index (κ1) is 14.2. The average molecular weight is 281 g/mol. The number of rotatable bonds is 5. The number of hydrogen-bond donors (Lipinski definition) is 1. The smallest absolute Gasteiger partial charge is 0.0868 e. The maximum absolute atomic E-state index is 6.41. The predicted molar refractivity (Wildman–Crippen MR) is 78.4 cm³/mol. The van der Waals surface area contributed by atoms with Crippen LogP contribution < -0.4 is 5.73 Å². The molecular weight excluding hydrogens is 260 g/mol. The van der Waals surface area contributed by atoms with Crippen LogP contribution in [0.15, 0.2) is 18.5 Å². The van der Waals surface area contributed by atoms with Crippen molar-refractivity contribution in [2.24, 2.45) is 5.73 Å². The average Bonchev–Trinajstić information content (AvgIpc) is 2.96. The fraction of sp³-hybridized carbons (Fsp3) is 0.500. The van der Waals surface area contributed by atoms with E-state index in [1.54, 1.807) is 0 Å². The Hall–Kier alpha value is -1.26. The standard InChI is InChI=1S/C14H21ClN4/c1-4-12-14(15)13(19(5-2)17-12)9-18-7-6-11(8-18)10(3)16/h6-8,10H,4-5,9,16H2,1-3H3. The molecule has 0 aliphatic rings. The van der Waals surface area contributed by atoms with Crippen LogP contribution in [0.1, 0.15) is 43.8 Å². The van der Waals surface area contributed by atoms with Crippen molar-refractivity contribution in [3.8, 4) is 0 Å². The Bertz CT molecular complexity index is 554. The Morgan fingerprint density at radius 1 is 1.42 bits per heavy atom. The van der Waals surface area contributed by atoms with E-state index in [4.69, 9.17) is 17.3 Å². The Balaban J connectivity index is 2.29. The minimum absolute atomic E-state index is 0.0546. The van der Waals surface area contributed by atoms with Gasteiger partial charge in [0, 0.05) is 25.0 Å². The van der Waals surface area contributed by atoms with Crippen LogP contribution in [0.5, 0.6) is 0 Å². The third kappa shape index (κ3) is 2.85. The van der Waals surface area contributed by atoms with Crippen LogP contribution in [-0.4, -0.2) is 14.3 Å². The van der Waals surface area contributed by atoms with Crippen LogP contribution in [0.4, 0.5) is 0 Å². The van der Waals surface area contributed by atoms with Gasteiger partial charge in [-0.1, -0.05) is 18.5 Å². The van der Waals surface area contributed by atoms with Gasteiger partial charge < -0.3 is 10.3 Å². The third-order valence-electron chi connectivity index (χ3n) is 3.33. The summed E-state index contributed by atoms with van der Waals surface area (Å²) in [5, 5.41) is 5.32. The monoisotopic (exact) mass is 280 g/mol. The van der Waals surface area contributed by atoms with Crippen molar-refractivity contribution in [1.29, 1.82) is 0 Å². The van der Waals surface area contributed by atoms with E-state index < -0.39 is 0 Å². The zero-order chi connectivity index (χ0) is 14.0. The van der Waals surface area contributed by atoms with Crippen molar-refractivity contribution in [3.05, 3.63) is 40.4 Å². The second-order valence-corrected chi connectivity index (χ2v) is 5.16. The van der Waals surface area contributed by atoms with Gasteiger partial charge in [0.1, 0.15) is 0 Å². The van der Waals surface area contributed by atoms with Gasteiger partial charge >= 0.3 is 0 Å². The van der Waals surface area contributed by atoms with Crippen molar-refractivity contribution < 1.29 is 0 Å². The van der Waals surface area contributed by atoms with Crippen LogP contribution in [0.25, 0.3) is 0 Å². The summed E-state index contributed by atoms with van der Waals surface area (Å²) in [5.41, 5.74) is 9.04. The normalized spacial score (nSPS) is 12.9. The van der Waals surface area contributed by atoms with Crippen LogP contribution in [0.3, 0.4) is 0 Å². The van der Waals surface area contributed by atoms with Gasteiger partial charge in [0.25, 0.3) is 0 Å². The van der Waals surface area contributed by atoms with E-state index in [0.717, 1.165) is 41.5 Å². The summed E-state index contributed by atoms with van der Waals surface area (Å²) in [4.78, 5) is 0. The molecule has 104 valence electrons. The molecule has 2 aromatic rings. The lowest BCUT2D eigenvalue weighted by atomic mass is 10.2. The molecule has 4 nitrogen and oxygen atoms in total. The van der Waals surface area contributed by atoms with E-state index in [1.165, 1.54) is 0 Å². The first-order chi connectivity index (χ1) is 9.06. The van der Waals surface area contributed by atoms with Gasteiger partial charge in [0.2, 0.25) is 0 Å². The zero-order valence-electron chi connectivity index (χ0n) is 11.7. The summed E-state index contributed by atoms with van der Waals surface area (Å²) in [6.07, 6.45) is 4.96. The van der Waals surface area contributed by atoms with E-state index in [2.05, 4.69) is 29.7 Å². The minimum Gasteiger partial charge on any atom is -0.348 e. The van der Waals surface area contributed by atoms with Crippen molar-refractivity contribution in [2.75, 3.05) is 0 Å². The maximum Gasteiger partial charge on any atom is 0.0868 e. The van der Waals surface area contributed by atoms with E-state index in [-0.39, 0.29) is 6.04 Å². The molecule has 19 heavy (non-hydrogen) atoms. The summed E-state index contributed by atoms with van der Waals surface area (Å²) in [7, 11) is 0. The molecule has 1 atom stereocenters. The molecule has 0 spiro atoms. The molecule has 2 aromatic heterocycles. The fourth-order valence-corrected chi connectivity index (χ4v) is 2.50. The van der Waals surface area contributed by atoms with Gasteiger partial charge in [-0.05, 0) is 31.9 Å². The topological polar surface area (TPSA) is 48.8 Å². The highest BCUT2D eigenvalue weighted by molar-refractivity contribution is 6.31. The first-order valence-corrected chi connectivity index (χ1v) is 7.09. The molecule has 0 bridgehead atoms. The molecular formula is C14H21ClN4. The van der Waals surface area contributed by atoms with Gasteiger partial charge in [-0.15, -0.1) is 0 Å². The number of nitrogens with two attached hydrogens (primary N) is 1. The zero-order valence-corrected chi connectivity index (χ0v) is 12.5. The van der Waals surface area contributed by atoms with Crippen LogP contribution in [0.2, 0.25) is 5.02 Å². The highest BCUT2D eigenvalue weighted by atomic mass is 35.5. The van der Waals surface area contributed by atoms with Gasteiger partial charge in [0.15, 0.2) is 0 Å². The van der Waals surface area contributed by atoms with Crippen molar-refractivity contribution in [1.82, 2.24) is 14.3 Å². The number of aromatic nitrogens is 3. The number of aryl methyl sites for hydroxylation is 2. The van der Waals surface area contributed by atoms with Crippen molar-refractivity contribution in [3.63, 3.8) is 0 Å². The second kappa shape index (κ2) is 5.80. The Kier molecular flexibility index (Phi) is 4.32. The molecule has 0 aliphatic carbocycles. The molecule has 1 unspecified atom stereocenters. The molecule has 0 aromatic carbocycles. The highest BCUT2D eigenvalue weighted by Crippen LogP contribution is 2.23. The highest BCUT2D eigenvalue weighted by Gasteiger charge is 2.14. The summed E-state index contributed by atoms with van der Waals surface area (Å²) in [6.45, 7) is 7.69. The van der Waals surface area contributed by atoms with Crippen molar-refractivity contribution in [2.45, 2.75) is 46.3 Å². The SMILES string of the molecule is CCc1nn(CC)c(Cn2ccc(C(C)N)c2)c1Cl. The van der Waals surface area contributed by atoms with Crippen LogP contribution in [-0.2, 0) is 19.5 Å². The fourth-order valence-electron chi connectivity index (χ4n) is 2.17. The molecule has 2 rings (SSSR count). The van der Waals surface area contributed by atoms with E-state index in [9.17, 15) is 0 Å². The molecule has 2 heterocycles. The second-order valence-electron chi connectivity index (χ2n) is 4.78. The van der Waals surface area contributed by atoms with E-state index in [1.807, 2.05) is 23.9 Å². The largest absolute Gasteiger partial charge is 0.348 e. The Morgan fingerprint density at radius 2 is 2.16 bits per heavy atom. The molecule has 0 amide bonds.